The largest absolute Gasteiger partial charge is 0.367 e. The lowest BCUT2D eigenvalue weighted by Crippen LogP contribution is -2.39. The van der Waals surface area contributed by atoms with Gasteiger partial charge in [-0.25, -0.2) is 9.37 Å². The van der Waals surface area contributed by atoms with Crippen LogP contribution in [0.15, 0.2) is 30.9 Å². The van der Waals surface area contributed by atoms with Crippen molar-refractivity contribution in [2.75, 3.05) is 31.1 Å². The summed E-state index contributed by atoms with van der Waals surface area (Å²) in [5.41, 5.74) is 0.555. The summed E-state index contributed by atoms with van der Waals surface area (Å²) in [6.45, 7) is 8.66. The molecule has 0 aliphatic carbocycles. The number of rotatable bonds is 4. The first kappa shape index (κ1) is 18.4. The van der Waals surface area contributed by atoms with Crippen molar-refractivity contribution in [1.82, 2.24) is 19.4 Å². The Bertz CT molecular complexity index is 760. The lowest BCUT2D eigenvalue weighted by atomic mass is 10.2. The van der Waals surface area contributed by atoms with E-state index < -0.39 is 0 Å². The van der Waals surface area contributed by atoms with E-state index >= 15 is 0 Å². The SMILES string of the molecule is CC(C)c1nccn1C(C)C(=O)N1CCCN(c2ccncc2F)CC1. The summed E-state index contributed by atoms with van der Waals surface area (Å²) in [6, 6.07) is 1.40. The highest BCUT2D eigenvalue weighted by Gasteiger charge is 2.26. The van der Waals surface area contributed by atoms with E-state index in [0.29, 0.717) is 25.3 Å². The molecule has 2 aromatic rings. The van der Waals surface area contributed by atoms with Crippen LogP contribution in [-0.2, 0) is 4.79 Å². The number of carbonyl (C=O) groups excluding carboxylic acids is 1. The Balaban J connectivity index is 1.69. The number of hydrogen-bond acceptors (Lipinski definition) is 4. The molecular formula is C19H26FN5O. The van der Waals surface area contributed by atoms with Gasteiger partial charge in [-0.05, 0) is 19.4 Å². The molecule has 26 heavy (non-hydrogen) atoms. The van der Waals surface area contributed by atoms with Gasteiger partial charge >= 0.3 is 0 Å². The van der Waals surface area contributed by atoms with Crippen molar-refractivity contribution in [1.29, 1.82) is 0 Å². The first-order valence-electron chi connectivity index (χ1n) is 9.15. The summed E-state index contributed by atoms with van der Waals surface area (Å²) < 4.78 is 16.0. The van der Waals surface area contributed by atoms with Crippen molar-refractivity contribution in [3.63, 3.8) is 0 Å². The molecule has 1 saturated heterocycles. The fourth-order valence-corrected chi connectivity index (χ4v) is 3.49. The van der Waals surface area contributed by atoms with E-state index in [9.17, 15) is 9.18 Å². The number of hydrogen-bond donors (Lipinski definition) is 0. The lowest BCUT2D eigenvalue weighted by Gasteiger charge is -2.27. The van der Waals surface area contributed by atoms with Crippen LogP contribution in [0.25, 0.3) is 0 Å². The maximum absolute atomic E-state index is 14.0. The number of imidazole rings is 1. The molecule has 2 aromatic heterocycles. The lowest BCUT2D eigenvalue weighted by molar-refractivity contribution is -0.134. The van der Waals surface area contributed by atoms with Gasteiger partial charge in [0.1, 0.15) is 11.9 Å². The van der Waals surface area contributed by atoms with Crippen LogP contribution >= 0.6 is 0 Å². The zero-order chi connectivity index (χ0) is 18.7. The summed E-state index contributed by atoms with van der Waals surface area (Å²) >= 11 is 0. The van der Waals surface area contributed by atoms with Crippen molar-refractivity contribution in [3.05, 3.63) is 42.5 Å². The smallest absolute Gasteiger partial charge is 0.245 e. The molecule has 0 radical (unpaired) electrons. The molecule has 3 rings (SSSR count). The van der Waals surface area contributed by atoms with Crippen LogP contribution in [0.1, 0.15) is 45.0 Å². The Morgan fingerprint density at radius 1 is 1.15 bits per heavy atom. The standard InChI is InChI=1S/C19H26FN5O/c1-14(2)18-22-7-10-25(18)15(3)19(26)24-9-4-8-23(11-12-24)17-5-6-21-13-16(17)20/h5-7,10,13-15H,4,8-9,11-12H2,1-3H3. The maximum Gasteiger partial charge on any atom is 0.245 e. The average Bonchev–Trinajstić information content (AvgIpc) is 3.00. The highest BCUT2D eigenvalue weighted by atomic mass is 19.1. The second-order valence-electron chi connectivity index (χ2n) is 7.02. The van der Waals surface area contributed by atoms with E-state index in [2.05, 4.69) is 23.8 Å². The van der Waals surface area contributed by atoms with Crippen LogP contribution < -0.4 is 4.90 Å². The first-order valence-corrected chi connectivity index (χ1v) is 9.15. The average molecular weight is 359 g/mol. The highest BCUT2D eigenvalue weighted by molar-refractivity contribution is 5.80. The van der Waals surface area contributed by atoms with Gasteiger partial charge in [-0.15, -0.1) is 0 Å². The predicted octanol–water partition coefficient (Wildman–Crippen LogP) is 2.84. The zero-order valence-corrected chi connectivity index (χ0v) is 15.6. The summed E-state index contributed by atoms with van der Waals surface area (Å²) in [5.74, 6) is 0.943. The Hall–Kier alpha value is -2.44. The zero-order valence-electron chi connectivity index (χ0n) is 15.6. The number of nitrogens with zero attached hydrogens (tertiary/aromatic N) is 5. The normalized spacial score (nSPS) is 16.7. The molecule has 3 heterocycles. The molecule has 6 nitrogen and oxygen atoms in total. The number of carbonyl (C=O) groups is 1. The van der Waals surface area contributed by atoms with Gasteiger partial charge in [0, 0.05) is 50.7 Å². The molecule has 140 valence electrons. The van der Waals surface area contributed by atoms with Crippen molar-refractivity contribution < 1.29 is 9.18 Å². The number of halogens is 1. The maximum atomic E-state index is 14.0. The molecule has 0 bridgehead atoms. The molecule has 1 aliphatic heterocycles. The fourth-order valence-electron chi connectivity index (χ4n) is 3.49. The van der Waals surface area contributed by atoms with Gasteiger partial charge in [-0.1, -0.05) is 13.8 Å². The summed E-state index contributed by atoms with van der Waals surface area (Å²) in [5, 5.41) is 0. The Kier molecular flexibility index (Phi) is 5.54. The van der Waals surface area contributed by atoms with Crippen LogP contribution in [0.3, 0.4) is 0 Å². The van der Waals surface area contributed by atoms with Crippen LogP contribution in [0, 0.1) is 5.82 Å². The van der Waals surface area contributed by atoms with Gasteiger partial charge in [0.15, 0.2) is 5.82 Å². The second-order valence-corrected chi connectivity index (χ2v) is 7.02. The number of aromatic nitrogens is 3. The van der Waals surface area contributed by atoms with Gasteiger partial charge in [-0.2, -0.15) is 0 Å². The Morgan fingerprint density at radius 3 is 2.69 bits per heavy atom. The minimum atomic E-state index is -0.319. The number of pyridine rings is 1. The van der Waals surface area contributed by atoms with E-state index in [1.807, 2.05) is 27.5 Å². The molecule has 1 unspecified atom stereocenters. The summed E-state index contributed by atoms with van der Waals surface area (Å²) in [6.07, 6.45) is 7.25. The van der Waals surface area contributed by atoms with Crippen molar-refractivity contribution in [2.45, 2.75) is 39.2 Å². The summed E-state index contributed by atoms with van der Waals surface area (Å²) in [7, 11) is 0. The quantitative estimate of drug-likeness (QED) is 0.842. The van der Waals surface area contributed by atoms with Gasteiger partial charge in [-0.3, -0.25) is 9.78 Å². The fraction of sp³-hybridized carbons (Fsp3) is 0.526. The van der Waals surface area contributed by atoms with Crippen molar-refractivity contribution >= 4 is 11.6 Å². The second kappa shape index (κ2) is 7.85. The topological polar surface area (TPSA) is 54.3 Å². The summed E-state index contributed by atoms with van der Waals surface area (Å²) in [4.78, 5) is 25.1. The molecule has 1 fully saturated rings. The molecule has 0 N–H and O–H groups in total. The van der Waals surface area contributed by atoms with Gasteiger partial charge in [0.25, 0.3) is 0 Å². The van der Waals surface area contributed by atoms with Gasteiger partial charge < -0.3 is 14.4 Å². The van der Waals surface area contributed by atoms with Crippen LogP contribution in [-0.4, -0.2) is 51.5 Å². The predicted molar refractivity (Wildman–Crippen MR) is 98.6 cm³/mol. The third kappa shape index (κ3) is 3.71. The first-order chi connectivity index (χ1) is 12.5. The molecule has 1 aliphatic rings. The van der Waals surface area contributed by atoms with E-state index in [4.69, 9.17) is 0 Å². The van der Waals surface area contributed by atoms with Crippen LogP contribution in [0.2, 0.25) is 0 Å². The molecule has 7 heteroatoms. The number of amides is 1. The molecule has 0 saturated carbocycles. The van der Waals surface area contributed by atoms with E-state index in [0.717, 1.165) is 18.8 Å². The molecule has 0 spiro atoms. The minimum absolute atomic E-state index is 0.0851. The highest BCUT2D eigenvalue weighted by Crippen LogP contribution is 2.22. The van der Waals surface area contributed by atoms with Gasteiger partial charge in [0.05, 0.1) is 11.9 Å². The number of anilines is 1. The monoisotopic (exact) mass is 359 g/mol. The third-order valence-electron chi connectivity index (χ3n) is 4.89. The molecule has 1 amide bonds. The Labute approximate surface area is 153 Å². The van der Waals surface area contributed by atoms with Gasteiger partial charge in [0.2, 0.25) is 5.91 Å². The Morgan fingerprint density at radius 2 is 1.96 bits per heavy atom. The van der Waals surface area contributed by atoms with Crippen LogP contribution in [0.5, 0.6) is 0 Å². The van der Waals surface area contributed by atoms with Crippen molar-refractivity contribution in [2.24, 2.45) is 0 Å². The minimum Gasteiger partial charge on any atom is -0.367 e. The van der Waals surface area contributed by atoms with E-state index in [1.54, 1.807) is 18.5 Å². The molecular weight excluding hydrogens is 333 g/mol. The molecule has 0 aromatic carbocycles. The third-order valence-corrected chi connectivity index (χ3v) is 4.89. The van der Waals surface area contributed by atoms with Crippen LogP contribution in [0.4, 0.5) is 10.1 Å². The van der Waals surface area contributed by atoms with Crippen molar-refractivity contribution in [3.8, 4) is 0 Å². The van der Waals surface area contributed by atoms with E-state index in [1.165, 1.54) is 6.20 Å². The van der Waals surface area contributed by atoms with E-state index in [-0.39, 0.29) is 23.7 Å². The molecule has 1 atom stereocenters.